The molecule has 1 N–H and O–H groups in total. The van der Waals surface area contributed by atoms with E-state index >= 15 is 0 Å². The molecular weight excluding hydrogens is 242 g/mol. The highest BCUT2D eigenvalue weighted by molar-refractivity contribution is 5.52. The lowest BCUT2D eigenvalue weighted by Crippen LogP contribution is -2.12. The molecule has 0 bridgehead atoms. The van der Waals surface area contributed by atoms with Crippen LogP contribution in [0.5, 0.6) is 0 Å². The number of anilines is 1. The molecule has 0 fully saturated rings. The Balaban J connectivity index is 2.02. The van der Waals surface area contributed by atoms with E-state index in [1.54, 1.807) is 0 Å². The largest absolute Gasteiger partial charge is 0.385 e. The summed E-state index contributed by atoms with van der Waals surface area (Å²) in [6.45, 7) is 5.62. The van der Waals surface area contributed by atoms with Gasteiger partial charge in [-0.25, -0.2) is 0 Å². The second-order valence-corrected chi connectivity index (χ2v) is 5.59. The molecule has 1 heteroatoms. The molecule has 1 unspecified atom stereocenters. The van der Waals surface area contributed by atoms with E-state index in [4.69, 9.17) is 0 Å². The lowest BCUT2D eigenvalue weighted by molar-refractivity contribution is 0.550. The standard InChI is InChI=1S/C19H25N/c1-3-9-16(2)15-20-19-13-8-7-12-18(19)14-17-10-5-4-6-11-17/h4-8,10-13,16,20H,3,9,14-15H2,1-2H3. The van der Waals surface area contributed by atoms with Crippen molar-refractivity contribution < 1.29 is 0 Å². The quantitative estimate of drug-likeness (QED) is 0.733. The summed E-state index contributed by atoms with van der Waals surface area (Å²) in [5.74, 6) is 0.727. The minimum absolute atomic E-state index is 0.727. The van der Waals surface area contributed by atoms with Gasteiger partial charge in [0.05, 0.1) is 0 Å². The summed E-state index contributed by atoms with van der Waals surface area (Å²) in [6, 6.07) is 19.3. The summed E-state index contributed by atoms with van der Waals surface area (Å²) in [7, 11) is 0. The minimum Gasteiger partial charge on any atom is -0.385 e. The summed E-state index contributed by atoms with van der Waals surface area (Å²) in [4.78, 5) is 0. The minimum atomic E-state index is 0.727. The SMILES string of the molecule is CCCC(C)CNc1ccccc1Cc1ccccc1. The highest BCUT2D eigenvalue weighted by Crippen LogP contribution is 2.20. The fraction of sp³-hybridized carbons (Fsp3) is 0.368. The number of para-hydroxylation sites is 1. The Labute approximate surface area is 123 Å². The van der Waals surface area contributed by atoms with Crippen molar-refractivity contribution in [3.8, 4) is 0 Å². The van der Waals surface area contributed by atoms with E-state index in [0.29, 0.717) is 0 Å². The summed E-state index contributed by atoms with van der Waals surface area (Å²) in [5.41, 5.74) is 4.02. The van der Waals surface area contributed by atoms with Crippen molar-refractivity contribution in [1.29, 1.82) is 0 Å². The van der Waals surface area contributed by atoms with Crippen LogP contribution in [-0.2, 0) is 6.42 Å². The van der Waals surface area contributed by atoms with E-state index in [9.17, 15) is 0 Å². The van der Waals surface area contributed by atoms with Crippen LogP contribution in [0.25, 0.3) is 0 Å². The molecule has 0 aliphatic carbocycles. The van der Waals surface area contributed by atoms with Crippen LogP contribution >= 0.6 is 0 Å². The van der Waals surface area contributed by atoms with Crippen molar-refractivity contribution in [2.75, 3.05) is 11.9 Å². The van der Waals surface area contributed by atoms with Gasteiger partial charge in [-0.2, -0.15) is 0 Å². The third kappa shape index (κ3) is 4.41. The van der Waals surface area contributed by atoms with E-state index in [0.717, 1.165) is 18.9 Å². The average molecular weight is 267 g/mol. The zero-order valence-electron chi connectivity index (χ0n) is 12.6. The molecule has 106 valence electrons. The van der Waals surface area contributed by atoms with Crippen LogP contribution in [0.2, 0.25) is 0 Å². The summed E-state index contributed by atoms with van der Waals surface area (Å²) < 4.78 is 0. The van der Waals surface area contributed by atoms with Gasteiger partial charge in [-0.05, 0) is 36.0 Å². The Morgan fingerprint density at radius 2 is 1.65 bits per heavy atom. The molecule has 0 saturated heterocycles. The number of hydrogen-bond acceptors (Lipinski definition) is 1. The lowest BCUT2D eigenvalue weighted by Gasteiger charge is -2.15. The van der Waals surface area contributed by atoms with Gasteiger partial charge in [0.1, 0.15) is 0 Å². The van der Waals surface area contributed by atoms with Crippen LogP contribution in [0.4, 0.5) is 5.69 Å². The maximum absolute atomic E-state index is 3.62. The van der Waals surface area contributed by atoms with E-state index in [1.807, 2.05) is 0 Å². The van der Waals surface area contributed by atoms with E-state index in [2.05, 4.69) is 73.8 Å². The second-order valence-electron chi connectivity index (χ2n) is 5.59. The van der Waals surface area contributed by atoms with Gasteiger partial charge in [0.2, 0.25) is 0 Å². The monoisotopic (exact) mass is 267 g/mol. The molecule has 2 aromatic carbocycles. The van der Waals surface area contributed by atoms with Crippen molar-refractivity contribution >= 4 is 5.69 Å². The Morgan fingerprint density at radius 3 is 2.40 bits per heavy atom. The lowest BCUT2D eigenvalue weighted by atomic mass is 10.0. The van der Waals surface area contributed by atoms with Crippen LogP contribution in [0, 0.1) is 5.92 Å². The molecule has 0 aliphatic heterocycles. The Bertz CT molecular complexity index is 504. The molecular formula is C19H25N. The topological polar surface area (TPSA) is 12.0 Å². The van der Waals surface area contributed by atoms with E-state index in [-0.39, 0.29) is 0 Å². The highest BCUT2D eigenvalue weighted by atomic mass is 14.9. The molecule has 2 aromatic rings. The molecule has 0 saturated carbocycles. The molecule has 0 aliphatic rings. The van der Waals surface area contributed by atoms with Gasteiger partial charge in [0.15, 0.2) is 0 Å². The molecule has 1 nitrogen and oxygen atoms in total. The maximum atomic E-state index is 3.62. The van der Waals surface area contributed by atoms with Crippen molar-refractivity contribution in [2.24, 2.45) is 5.92 Å². The van der Waals surface area contributed by atoms with Crippen LogP contribution in [0.15, 0.2) is 54.6 Å². The Hall–Kier alpha value is -1.76. The van der Waals surface area contributed by atoms with Crippen LogP contribution in [0.1, 0.15) is 37.8 Å². The molecule has 0 radical (unpaired) electrons. The predicted octanol–water partition coefficient (Wildman–Crippen LogP) is 5.13. The molecule has 20 heavy (non-hydrogen) atoms. The van der Waals surface area contributed by atoms with Gasteiger partial charge in [-0.1, -0.05) is 68.8 Å². The third-order valence-electron chi connectivity index (χ3n) is 3.68. The van der Waals surface area contributed by atoms with Gasteiger partial charge in [-0.3, -0.25) is 0 Å². The Kier molecular flexibility index (Phi) is 5.67. The first-order chi connectivity index (χ1) is 9.79. The molecule has 0 spiro atoms. The van der Waals surface area contributed by atoms with Crippen molar-refractivity contribution in [3.63, 3.8) is 0 Å². The normalized spacial score (nSPS) is 12.1. The molecule has 0 heterocycles. The van der Waals surface area contributed by atoms with Crippen molar-refractivity contribution in [1.82, 2.24) is 0 Å². The number of benzene rings is 2. The zero-order valence-corrected chi connectivity index (χ0v) is 12.6. The fourth-order valence-corrected chi connectivity index (χ4v) is 2.54. The van der Waals surface area contributed by atoms with Crippen molar-refractivity contribution in [2.45, 2.75) is 33.1 Å². The number of rotatable bonds is 7. The van der Waals surface area contributed by atoms with Gasteiger partial charge in [0.25, 0.3) is 0 Å². The Morgan fingerprint density at radius 1 is 0.950 bits per heavy atom. The number of nitrogens with one attached hydrogen (secondary N) is 1. The third-order valence-corrected chi connectivity index (χ3v) is 3.68. The van der Waals surface area contributed by atoms with Gasteiger partial charge < -0.3 is 5.32 Å². The first-order valence-corrected chi connectivity index (χ1v) is 7.65. The molecule has 2 rings (SSSR count). The first kappa shape index (κ1) is 14.6. The van der Waals surface area contributed by atoms with Gasteiger partial charge >= 0.3 is 0 Å². The predicted molar refractivity (Wildman–Crippen MR) is 88.3 cm³/mol. The molecule has 1 atom stereocenters. The average Bonchev–Trinajstić information content (AvgIpc) is 2.48. The summed E-state index contributed by atoms with van der Waals surface area (Å²) in [5, 5.41) is 3.62. The van der Waals surface area contributed by atoms with Crippen LogP contribution in [-0.4, -0.2) is 6.54 Å². The summed E-state index contributed by atoms with van der Waals surface area (Å²) in [6.07, 6.45) is 3.54. The van der Waals surface area contributed by atoms with Gasteiger partial charge in [0, 0.05) is 12.2 Å². The fourth-order valence-electron chi connectivity index (χ4n) is 2.54. The number of hydrogen-bond donors (Lipinski definition) is 1. The smallest absolute Gasteiger partial charge is 0.0376 e. The van der Waals surface area contributed by atoms with Crippen LogP contribution < -0.4 is 5.32 Å². The highest BCUT2D eigenvalue weighted by Gasteiger charge is 2.05. The van der Waals surface area contributed by atoms with Crippen molar-refractivity contribution in [3.05, 3.63) is 65.7 Å². The van der Waals surface area contributed by atoms with E-state index in [1.165, 1.54) is 29.7 Å². The van der Waals surface area contributed by atoms with Gasteiger partial charge in [-0.15, -0.1) is 0 Å². The molecule has 0 amide bonds. The summed E-state index contributed by atoms with van der Waals surface area (Å²) >= 11 is 0. The first-order valence-electron chi connectivity index (χ1n) is 7.65. The second kappa shape index (κ2) is 7.74. The van der Waals surface area contributed by atoms with E-state index < -0.39 is 0 Å². The maximum Gasteiger partial charge on any atom is 0.0376 e. The van der Waals surface area contributed by atoms with Crippen LogP contribution in [0.3, 0.4) is 0 Å². The zero-order chi connectivity index (χ0) is 14.2. The molecule has 0 aromatic heterocycles.